The van der Waals surface area contributed by atoms with E-state index in [0.29, 0.717) is 0 Å². The molecule has 0 saturated carbocycles. The molecule has 0 bridgehead atoms. The minimum atomic E-state index is -3.82. The highest BCUT2D eigenvalue weighted by Crippen LogP contribution is 2.24. The first-order valence-electron chi connectivity index (χ1n) is 6.81. The maximum atomic E-state index is 13.3. The van der Waals surface area contributed by atoms with Gasteiger partial charge in [0.15, 0.2) is 0 Å². The monoisotopic (exact) mass is 314 g/mol. The van der Waals surface area contributed by atoms with Crippen LogP contribution in [0.4, 0.5) is 4.39 Å². The molecule has 0 radical (unpaired) electrons. The van der Waals surface area contributed by atoms with Crippen molar-refractivity contribution in [3.63, 3.8) is 0 Å². The van der Waals surface area contributed by atoms with Crippen molar-refractivity contribution in [3.05, 3.63) is 29.6 Å². The SMILES string of the molecule is Cc1cc(S(=O)(=O)N2CCNC(=O)C2C(C)C)ccc1F. The lowest BCUT2D eigenvalue weighted by Crippen LogP contribution is -2.59. The Hall–Kier alpha value is -1.47. The van der Waals surface area contributed by atoms with Crippen LogP contribution in [-0.4, -0.2) is 37.8 Å². The van der Waals surface area contributed by atoms with Crippen molar-refractivity contribution in [2.45, 2.75) is 31.7 Å². The number of nitrogens with zero attached hydrogens (tertiary/aromatic N) is 1. The van der Waals surface area contributed by atoms with Crippen molar-refractivity contribution in [2.75, 3.05) is 13.1 Å². The number of benzene rings is 1. The van der Waals surface area contributed by atoms with E-state index < -0.39 is 21.9 Å². The van der Waals surface area contributed by atoms with Crippen LogP contribution in [0.15, 0.2) is 23.1 Å². The third-order valence-electron chi connectivity index (χ3n) is 3.58. The van der Waals surface area contributed by atoms with E-state index in [2.05, 4.69) is 5.32 Å². The molecule has 1 unspecified atom stereocenters. The number of sulfonamides is 1. The zero-order valence-electron chi connectivity index (χ0n) is 12.3. The van der Waals surface area contributed by atoms with E-state index in [9.17, 15) is 17.6 Å². The topological polar surface area (TPSA) is 66.5 Å². The van der Waals surface area contributed by atoms with E-state index >= 15 is 0 Å². The Morgan fingerprint density at radius 2 is 2.05 bits per heavy atom. The third kappa shape index (κ3) is 2.94. The Kier molecular flexibility index (Phi) is 4.34. The third-order valence-corrected chi connectivity index (χ3v) is 5.45. The predicted molar refractivity (Wildman–Crippen MR) is 76.7 cm³/mol. The highest BCUT2D eigenvalue weighted by atomic mass is 32.2. The second-order valence-electron chi connectivity index (χ2n) is 5.51. The molecule has 5 nitrogen and oxygen atoms in total. The molecule has 1 aliphatic rings. The zero-order valence-corrected chi connectivity index (χ0v) is 13.1. The summed E-state index contributed by atoms with van der Waals surface area (Å²) >= 11 is 0. The summed E-state index contributed by atoms with van der Waals surface area (Å²) in [6, 6.07) is 2.93. The van der Waals surface area contributed by atoms with Crippen molar-refractivity contribution >= 4 is 15.9 Å². The molecule has 1 aromatic rings. The first-order valence-corrected chi connectivity index (χ1v) is 8.25. The molecule has 21 heavy (non-hydrogen) atoms. The van der Waals surface area contributed by atoms with E-state index in [1.165, 1.54) is 23.4 Å². The standard InChI is InChI=1S/C14H19FN2O3S/c1-9(2)13-14(18)16-6-7-17(13)21(19,20)11-4-5-12(15)10(3)8-11/h4-5,8-9,13H,6-7H2,1-3H3,(H,16,18). The summed E-state index contributed by atoms with van der Waals surface area (Å²) in [6.07, 6.45) is 0. The summed E-state index contributed by atoms with van der Waals surface area (Å²) in [5.74, 6) is -0.897. The Labute approximate surface area is 124 Å². The molecular formula is C14H19FN2O3S. The fourth-order valence-electron chi connectivity index (χ4n) is 2.48. The maximum Gasteiger partial charge on any atom is 0.243 e. The van der Waals surface area contributed by atoms with Gasteiger partial charge in [0.25, 0.3) is 0 Å². The highest BCUT2D eigenvalue weighted by Gasteiger charge is 2.40. The molecule has 116 valence electrons. The molecule has 2 rings (SSSR count). The summed E-state index contributed by atoms with van der Waals surface area (Å²) in [6.45, 7) is 5.61. The van der Waals surface area contributed by atoms with Crippen LogP contribution in [0, 0.1) is 18.7 Å². The van der Waals surface area contributed by atoms with E-state index in [1.807, 2.05) is 0 Å². The summed E-state index contributed by atoms with van der Waals surface area (Å²) in [5, 5.41) is 2.68. The van der Waals surface area contributed by atoms with Crippen LogP contribution in [0.5, 0.6) is 0 Å². The Bertz CT molecular complexity index is 658. The number of carbonyl (C=O) groups excluding carboxylic acids is 1. The van der Waals surface area contributed by atoms with Crippen LogP contribution in [0.3, 0.4) is 0 Å². The van der Waals surface area contributed by atoms with Crippen LogP contribution < -0.4 is 5.32 Å². The van der Waals surface area contributed by atoms with E-state index in [-0.39, 0.29) is 35.4 Å². The Balaban J connectivity index is 2.45. The number of aryl methyl sites for hydroxylation is 1. The van der Waals surface area contributed by atoms with Gasteiger partial charge in [-0.05, 0) is 36.6 Å². The van der Waals surface area contributed by atoms with Crippen molar-refractivity contribution in [2.24, 2.45) is 5.92 Å². The van der Waals surface area contributed by atoms with Crippen LogP contribution in [-0.2, 0) is 14.8 Å². The molecule has 1 N–H and O–H groups in total. The van der Waals surface area contributed by atoms with Gasteiger partial charge in [-0.3, -0.25) is 4.79 Å². The first kappa shape index (κ1) is 15.9. The summed E-state index contributed by atoms with van der Waals surface area (Å²) in [4.78, 5) is 12.0. The van der Waals surface area contributed by atoms with Crippen LogP contribution >= 0.6 is 0 Å². The number of carbonyl (C=O) groups is 1. The van der Waals surface area contributed by atoms with Gasteiger partial charge < -0.3 is 5.32 Å². The fraction of sp³-hybridized carbons (Fsp3) is 0.500. The zero-order chi connectivity index (χ0) is 15.8. The largest absolute Gasteiger partial charge is 0.353 e. The van der Waals surface area contributed by atoms with Gasteiger partial charge in [-0.25, -0.2) is 12.8 Å². The van der Waals surface area contributed by atoms with Crippen LogP contribution in [0.25, 0.3) is 0 Å². The van der Waals surface area contributed by atoms with Gasteiger partial charge in [-0.1, -0.05) is 13.8 Å². The Morgan fingerprint density at radius 3 is 2.62 bits per heavy atom. The predicted octanol–water partition coefficient (Wildman–Crippen LogP) is 1.28. The van der Waals surface area contributed by atoms with Gasteiger partial charge in [0.2, 0.25) is 15.9 Å². The van der Waals surface area contributed by atoms with Crippen LogP contribution in [0.2, 0.25) is 0 Å². The molecule has 0 spiro atoms. The van der Waals surface area contributed by atoms with Gasteiger partial charge in [0.05, 0.1) is 4.90 Å². The second-order valence-corrected chi connectivity index (χ2v) is 7.40. The number of hydrogen-bond donors (Lipinski definition) is 1. The molecule has 1 amide bonds. The number of rotatable bonds is 3. The van der Waals surface area contributed by atoms with E-state index in [0.717, 1.165) is 6.07 Å². The number of amides is 1. The molecule has 0 aliphatic carbocycles. The molecule has 1 heterocycles. The van der Waals surface area contributed by atoms with Gasteiger partial charge >= 0.3 is 0 Å². The number of piperazine rings is 1. The molecule has 1 fully saturated rings. The smallest absolute Gasteiger partial charge is 0.243 e. The number of nitrogens with one attached hydrogen (secondary N) is 1. The lowest BCUT2D eigenvalue weighted by atomic mass is 10.0. The minimum Gasteiger partial charge on any atom is -0.353 e. The van der Waals surface area contributed by atoms with Crippen LogP contribution in [0.1, 0.15) is 19.4 Å². The molecule has 1 saturated heterocycles. The summed E-state index contributed by atoms with van der Waals surface area (Å²) < 4.78 is 40.0. The lowest BCUT2D eigenvalue weighted by molar-refractivity contribution is -0.128. The molecule has 7 heteroatoms. The van der Waals surface area contributed by atoms with Crippen molar-refractivity contribution in [1.29, 1.82) is 0 Å². The van der Waals surface area contributed by atoms with Gasteiger partial charge in [0.1, 0.15) is 11.9 Å². The van der Waals surface area contributed by atoms with E-state index in [4.69, 9.17) is 0 Å². The minimum absolute atomic E-state index is 0.0155. The summed E-state index contributed by atoms with van der Waals surface area (Å²) in [5.41, 5.74) is 0.263. The number of hydrogen-bond acceptors (Lipinski definition) is 3. The molecule has 1 atom stereocenters. The number of halogens is 1. The highest BCUT2D eigenvalue weighted by molar-refractivity contribution is 7.89. The molecule has 1 aromatic carbocycles. The van der Waals surface area contributed by atoms with Crippen molar-refractivity contribution in [3.8, 4) is 0 Å². The quantitative estimate of drug-likeness (QED) is 0.914. The van der Waals surface area contributed by atoms with Crippen molar-refractivity contribution in [1.82, 2.24) is 9.62 Å². The Morgan fingerprint density at radius 1 is 1.38 bits per heavy atom. The van der Waals surface area contributed by atoms with Gasteiger partial charge in [0, 0.05) is 13.1 Å². The van der Waals surface area contributed by atoms with Gasteiger partial charge in [-0.2, -0.15) is 4.31 Å². The first-order chi connectivity index (χ1) is 9.75. The average molecular weight is 314 g/mol. The molecule has 0 aromatic heterocycles. The van der Waals surface area contributed by atoms with E-state index in [1.54, 1.807) is 13.8 Å². The summed E-state index contributed by atoms with van der Waals surface area (Å²) in [7, 11) is -3.82. The average Bonchev–Trinajstić information content (AvgIpc) is 2.41. The van der Waals surface area contributed by atoms with Gasteiger partial charge in [-0.15, -0.1) is 0 Å². The fourth-order valence-corrected chi connectivity index (χ4v) is 4.29. The second kappa shape index (κ2) is 5.73. The lowest BCUT2D eigenvalue weighted by Gasteiger charge is -2.36. The maximum absolute atomic E-state index is 13.3. The molecular weight excluding hydrogens is 295 g/mol. The molecule has 1 aliphatic heterocycles. The van der Waals surface area contributed by atoms with Crippen molar-refractivity contribution < 1.29 is 17.6 Å². The normalized spacial score (nSPS) is 20.6.